The molecule has 1 aliphatic rings. The van der Waals surface area contributed by atoms with Crippen molar-refractivity contribution in [2.24, 2.45) is 0 Å². The van der Waals surface area contributed by atoms with Crippen LogP contribution in [-0.2, 0) is 11.2 Å². The number of carbonyl (C=O) groups excluding carboxylic acids is 1. The quantitative estimate of drug-likeness (QED) is 0.845. The maximum Gasteiger partial charge on any atom is 0.244 e. The summed E-state index contributed by atoms with van der Waals surface area (Å²) in [5.74, 6) is 1.40. The molecule has 0 aliphatic carbocycles. The molecule has 0 spiro atoms. The van der Waals surface area contributed by atoms with Crippen LogP contribution in [0.25, 0.3) is 6.08 Å². The molecule has 1 heterocycles. The molecule has 0 bridgehead atoms. The van der Waals surface area contributed by atoms with Gasteiger partial charge in [0.2, 0.25) is 5.91 Å². The van der Waals surface area contributed by atoms with Crippen LogP contribution in [0, 0.1) is 0 Å². The molecule has 0 saturated heterocycles. The number of hydrogen-bond donors (Lipinski definition) is 1. The van der Waals surface area contributed by atoms with E-state index in [1.165, 1.54) is 6.08 Å². The van der Waals surface area contributed by atoms with E-state index >= 15 is 0 Å². The Bertz CT molecular complexity index is 758. The fourth-order valence-corrected chi connectivity index (χ4v) is 2.61. The number of rotatable bonds is 5. The second-order valence-corrected chi connectivity index (χ2v) is 5.78. The fraction of sp³-hybridized carbons (Fsp3) is 0.211. The molecule has 0 unspecified atom stereocenters. The van der Waals surface area contributed by atoms with E-state index < -0.39 is 0 Å². The zero-order chi connectivity index (χ0) is 16.8. The van der Waals surface area contributed by atoms with Crippen molar-refractivity contribution in [2.45, 2.75) is 6.42 Å². The molecule has 1 amide bonds. The van der Waals surface area contributed by atoms with Gasteiger partial charge in [-0.25, -0.2) is 0 Å². The third kappa shape index (κ3) is 4.30. The Kier molecular flexibility index (Phi) is 5.39. The van der Waals surface area contributed by atoms with E-state index in [1.54, 1.807) is 12.1 Å². The first-order chi connectivity index (χ1) is 11.7. The van der Waals surface area contributed by atoms with Crippen LogP contribution >= 0.6 is 11.6 Å². The van der Waals surface area contributed by atoms with Crippen molar-refractivity contribution in [1.82, 2.24) is 5.32 Å². The van der Waals surface area contributed by atoms with E-state index in [4.69, 9.17) is 21.1 Å². The number of halogens is 1. The summed E-state index contributed by atoms with van der Waals surface area (Å²) in [6.45, 7) is 1.70. The van der Waals surface area contributed by atoms with Crippen molar-refractivity contribution in [3.8, 4) is 11.5 Å². The van der Waals surface area contributed by atoms with Gasteiger partial charge in [0.05, 0.1) is 0 Å². The summed E-state index contributed by atoms with van der Waals surface area (Å²) >= 11 is 6.05. The molecular formula is C19H18ClNO3. The van der Waals surface area contributed by atoms with Crippen LogP contribution in [0.5, 0.6) is 11.5 Å². The number of carbonyl (C=O) groups is 1. The lowest BCUT2D eigenvalue weighted by Gasteiger charge is -2.18. The summed E-state index contributed by atoms with van der Waals surface area (Å²) < 4.78 is 11.0. The van der Waals surface area contributed by atoms with Crippen LogP contribution in [0.15, 0.2) is 48.5 Å². The zero-order valence-electron chi connectivity index (χ0n) is 13.1. The fourth-order valence-electron chi connectivity index (χ4n) is 2.41. The third-order valence-electron chi connectivity index (χ3n) is 3.64. The van der Waals surface area contributed by atoms with Gasteiger partial charge < -0.3 is 14.8 Å². The maximum absolute atomic E-state index is 11.9. The predicted octanol–water partition coefficient (Wildman–Crippen LogP) is 3.48. The molecule has 0 fully saturated rings. The van der Waals surface area contributed by atoms with E-state index in [9.17, 15) is 4.79 Å². The monoisotopic (exact) mass is 343 g/mol. The summed E-state index contributed by atoms with van der Waals surface area (Å²) in [6, 6.07) is 13.2. The Hall–Kier alpha value is -2.46. The molecule has 5 heteroatoms. The highest BCUT2D eigenvalue weighted by atomic mass is 35.5. The topological polar surface area (TPSA) is 47.6 Å². The predicted molar refractivity (Wildman–Crippen MR) is 94.6 cm³/mol. The molecule has 0 atom stereocenters. The van der Waals surface area contributed by atoms with Crippen LogP contribution < -0.4 is 14.8 Å². The molecule has 1 N–H and O–H groups in total. The van der Waals surface area contributed by atoms with Crippen LogP contribution in [0.2, 0.25) is 5.02 Å². The first-order valence-electron chi connectivity index (χ1n) is 7.81. The number of ether oxygens (including phenoxy) is 2. The molecule has 0 saturated carbocycles. The standard InChI is InChI=1S/C19H18ClNO3/c20-16-4-2-1-3-15(16)6-8-19(22)21-10-9-14-5-7-17-18(13-14)24-12-11-23-17/h1-8,13H,9-12H2,(H,21,22)/b8-6+. The van der Waals surface area contributed by atoms with Gasteiger partial charge in [-0.2, -0.15) is 0 Å². The van der Waals surface area contributed by atoms with E-state index in [2.05, 4.69) is 5.32 Å². The Labute approximate surface area is 146 Å². The lowest BCUT2D eigenvalue weighted by molar-refractivity contribution is -0.116. The molecule has 0 radical (unpaired) electrons. The average molecular weight is 344 g/mol. The van der Waals surface area contributed by atoms with Crippen LogP contribution in [-0.4, -0.2) is 25.7 Å². The van der Waals surface area contributed by atoms with Gasteiger partial charge in [-0.05, 0) is 41.8 Å². The first-order valence-corrected chi connectivity index (χ1v) is 8.19. The van der Waals surface area contributed by atoms with Gasteiger partial charge in [0.1, 0.15) is 13.2 Å². The largest absolute Gasteiger partial charge is 0.486 e. The van der Waals surface area contributed by atoms with Gasteiger partial charge >= 0.3 is 0 Å². The maximum atomic E-state index is 11.9. The highest BCUT2D eigenvalue weighted by Crippen LogP contribution is 2.30. The van der Waals surface area contributed by atoms with Crippen molar-refractivity contribution < 1.29 is 14.3 Å². The normalized spacial score (nSPS) is 13.0. The Morgan fingerprint density at radius 1 is 1.12 bits per heavy atom. The van der Waals surface area contributed by atoms with Crippen LogP contribution in [0.3, 0.4) is 0 Å². The Balaban J connectivity index is 1.49. The molecular weight excluding hydrogens is 326 g/mol. The third-order valence-corrected chi connectivity index (χ3v) is 3.98. The molecule has 0 aromatic heterocycles. The summed E-state index contributed by atoms with van der Waals surface area (Å²) in [6.07, 6.45) is 3.93. The smallest absolute Gasteiger partial charge is 0.244 e. The van der Waals surface area contributed by atoms with Crippen molar-refractivity contribution in [3.63, 3.8) is 0 Å². The summed E-state index contributed by atoms with van der Waals surface area (Å²) in [5.41, 5.74) is 1.91. The molecule has 2 aromatic rings. The zero-order valence-corrected chi connectivity index (χ0v) is 13.9. The number of amides is 1. The van der Waals surface area contributed by atoms with E-state index in [0.29, 0.717) is 24.8 Å². The Morgan fingerprint density at radius 2 is 1.92 bits per heavy atom. The van der Waals surface area contributed by atoms with Gasteiger partial charge in [0.15, 0.2) is 11.5 Å². The SMILES string of the molecule is O=C(/C=C/c1ccccc1Cl)NCCc1ccc2c(c1)OCCO2. The van der Waals surface area contributed by atoms with E-state index in [0.717, 1.165) is 29.0 Å². The lowest BCUT2D eigenvalue weighted by Crippen LogP contribution is -2.23. The van der Waals surface area contributed by atoms with E-state index in [1.807, 2.05) is 36.4 Å². The summed E-state index contributed by atoms with van der Waals surface area (Å²) in [7, 11) is 0. The van der Waals surface area contributed by atoms with E-state index in [-0.39, 0.29) is 5.91 Å². The molecule has 1 aliphatic heterocycles. The molecule has 124 valence electrons. The highest BCUT2D eigenvalue weighted by molar-refractivity contribution is 6.32. The van der Waals surface area contributed by atoms with Gasteiger partial charge in [-0.15, -0.1) is 0 Å². The number of benzene rings is 2. The number of hydrogen-bond acceptors (Lipinski definition) is 3. The minimum absolute atomic E-state index is 0.146. The molecule has 3 rings (SSSR count). The van der Waals surface area contributed by atoms with Crippen LogP contribution in [0.1, 0.15) is 11.1 Å². The minimum atomic E-state index is -0.146. The van der Waals surface area contributed by atoms with Gasteiger partial charge in [0, 0.05) is 17.6 Å². The molecule has 24 heavy (non-hydrogen) atoms. The highest BCUT2D eigenvalue weighted by Gasteiger charge is 2.11. The molecule has 4 nitrogen and oxygen atoms in total. The average Bonchev–Trinajstić information content (AvgIpc) is 2.61. The number of nitrogens with one attached hydrogen (secondary N) is 1. The van der Waals surface area contributed by atoms with Gasteiger partial charge in [0.25, 0.3) is 0 Å². The summed E-state index contributed by atoms with van der Waals surface area (Å²) in [4.78, 5) is 11.9. The second-order valence-electron chi connectivity index (χ2n) is 5.37. The number of fused-ring (bicyclic) bond motifs is 1. The Morgan fingerprint density at radius 3 is 2.75 bits per heavy atom. The van der Waals surface area contributed by atoms with Crippen molar-refractivity contribution in [3.05, 3.63) is 64.7 Å². The first kappa shape index (κ1) is 16.4. The van der Waals surface area contributed by atoms with Crippen molar-refractivity contribution in [2.75, 3.05) is 19.8 Å². The second kappa shape index (κ2) is 7.88. The van der Waals surface area contributed by atoms with Gasteiger partial charge in [-0.1, -0.05) is 35.9 Å². The van der Waals surface area contributed by atoms with Crippen molar-refractivity contribution in [1.29, 1.82) is 0 Å². The molecule has 2 aromatic carbocycles. The van der Waals surface area contributed by atoms with Gasteiger partial charge in [-0.3, -0.25) is 4.79 Å². The minimum Gasteiger partial charge on any atom is -0.486 e. The summed E-state index contributed by atoms with van der Waals surface area (Å²) in [5, 5.41) is 3.48. The van der Waals surface area contributed by atoms with Crippen molar-refractivity contribution >= 4 is 23.6 Å². The lowest BCUT2D eigenvalue weighted by atomic mass is 10.1. The van der Waals surface area contributed by atoms with Crippen LogP contribution in [0.4, 0.5) is 0 Å².